The van der Waals surface area contributed by atoms with E-state index in [1.54, 1.807) is 6.33 Å². The Bertz CT molecular complexity index is 932. The number of aromatic nitrogens is 3. The second-order valence-electron chi connectivity index (χ2n) is 6.76. The molecule has 2 aromatic heterocycles. The molecule has 3 heterocycles. The molecule has 1 atom stereocenters. The number of hydrogen-bond donors (Lipinski definition) is 2. The van der Waals surface area contributed by atoms with Crippen molar-refractivity contribution in [2.75, 3.05) is 30.3 Å². The summed E-state index contributed by atoms with van der Waals surface area (Å²) in [5.41, 5.74) is 5.10. The Balaban J connectivity index is 0.00000225. The predicted molar refractivity (Wildman–Crippen MR) is 118 cm³/mol. The van der Waals surface area contributed by atoms with Gasteiger partial charge in [-0.15, -0.1) is 0 Å². The molecule has 4 rings (SSSR count). The lowest BCUT2D eigenvalue weighted by Gasteiger charge is -2.24. The minimum atomic E-state index is 0. The van der Waals surface area contributed by atoms with Crippen molar-refractivity contribution < 1.29 is 4.74 Å². The largest absolute Gasteiger partial charge is 0.489 e. The van der Waals surface area contributed by atoms with E-state index in [1.165, 1.54) is 5.56 Å². The molecule has 2 N–H and O–H groups in total. The van der Waals surface area contributed by atoms with Gasteiger partial charge in [-0.05, 0) is 25.1 Å². The summed E-state index contributed by atoms with van der Waals surface area (Å²) in [7, 11) is 0. The molecule has 0 aliphatic carbocycles. The third-order valence-corrected chi connectivity index (χ3v) is 4.70. The number of nitrogens with zero attached hydrogens (tertiary/aromatic N) is 3. The maximum absolute atomic E-state index is 5.89. The van der Waals surface area contributed by atoms with E-state index in [0.29, 0.717) is 6.61 Å². The normalized spacial score (nSPS) is 13.4. The van der Waals surface area contributed by atoms with Gasteiger partial charge < -0.3 is 15.4 Å². The van der Waals surface area contributed by atoms with E-state index in [4.69, 9.17) is 4.74 Å². The molecule has 1 aliphatic heterocycles. The number of ether oxygens (including phenoxy) is 1. The predicted octanol–water partition coefficient (Wildman–Crippen LogP) is 3.98. The number of nitrogens with one attached hydrogen (secondary N) is 2. The van der Waals surface area contributed by atoms with Crippen LogP contribution in [0.4, 0.5) is 11.5 Å². The maximum atomic E-state index is 5.89. The Morgan fingerprint density at radius 2 is 2.07 bits per heavy atom. The van der Waals surface area contributed by atoms with Crippen LogP contribution < -0.4 is 15.4 Å². The van der Waals surface area contributed by atoms with Gasteiger partial charge >= 0.3 is 0 Å². The molecule has 0 radical (unpaired) electrons. The van der Waals surface area contributed by atoms with Crippen molar-refractivity contribution in [2.24, 2.45) is 0 Å². The molecule has 0 bridgehead atoms. The van der Waals surface area contributed by atoms with E-state index < -0.39 is 0 Å². The van der Waals surface area contributed by atoms with Crippen LogP contribution in [0.25, 0.3) is 11.3 Å². The number of aryl methyl sites for hydroxylation is 1. The lowest BCUT2D eigenvalue weighted by atomic mass is 9.98. The Morgan fingerprint density at radius 3 is 2.89 bits per heavy atom. The first-order valence-corrected chi connectivity index (χ1v) is 9.19. The topological polar surface area (TPSA) is 72.0 Å². The van der Waals surface area contributed by atoms with Crippen LogP contribution in [-0.4, -0.2) is 34.6 Å². The van der Waals surface area contributed by atoms with Crippen molar-refractivity contribution in [1.29, 1.82) is 0 Å². The fourth-order valence-corrected chi connectivity index (χ4v) is 3.18. The van der Waals surface area contributed by atoms with Crippen LogP contribution in [0, 0.1) is 6.92 Å². The quantitative estimate of drug-likeness (QED) is 0.681. The van der Waals surface area contributed by atoms with Crippen molar-refractivity contribution >= 4 is 25.0 Å². The van der Waals surface area contributed by atoms with Gasteiger partial charge in [0, 0.05) is 48.1 Å². The van der Waals surface area contributed by atoms with Crippen molar-refractivity contribution in [3.63, 3.8) is 0 Å². The Kier molecular flexibility index (Phi) is 6.36. The molecule has 0 spiro atoms. The molecular weight excluding hydrogens is 370 g/mol. The Hall–Kier alpha value is -2.80. The summed E-state index contributed by atoms with van der Waals surface area (Å²) in [5.74, 6) is 2.04. The van der Waals surface area contributed by atoms with Crippen LogP contribution in [-0.2, 0) is 0 Å². The first kappa shape index (κ1) is 19.9. The minimum Gasteiger partial charge on any atom is -0.489 e. The summed E-state index contributed by atoms with van der Waals surface area (Å²) >= 11 is 0. The number of fused-ring (bicyclic) bond motifs is 1. The summed E-state index contributed by atoms with van der Waals surface area (Å²) in [6.07, 6.45) is 3.42. The number of rotatable bonds is 5. The third kappa shape index (κ3) is 4.36. The van der Waals surface area contributed by atoms with E-state index >= 15 is 0 Å². The molecule has 0 saturated carbocycles. The molecule has 7 heteroatoms. The molecule has 0 amide bonds. The zero-order valence-electron chi connectivity index (χ0n) is 16.1. The molecule has 6 nitrogen and oxygen atoms in total. The highest BCUT2D eigenvalue weighted by molar-refractivity contribution is 7.59. The van der Waals surface area contributed by atoms with Gasteiger partial charge in [0.15, 0.2) is 0 Å². The fourth-order valence-electron chi connectivity index (χ4n) is 3.18. The molecule has 146 valence electrons. The molecular formula is C21H25N5OS. The van der Waals surface area contributed by atoms with Crippen LogP contribution >= 0.6 is 13.5 Å². The summed E-state index contributed by atoms with van der Waals surface area (Å²) in [6.45, 7) is 6.46. The van der Waals surface area contributed by atoms with Crippen LogP contribution in [0.15, 0.2) is 48.9 Å². The number of pyridine rings is 1. The van der Waals surface area contributed by atoms with Gasteiger partial charge in [-0.2, -0.15) is 13.5 Å². The molecule has 1 aliphatic rings. The SMILES string of the molecule is Cc1ccc(-c2cc(NC[C@@H](C)c3cccc4c3OCCN4)ncn2)cn1.S. The molecule has 0 unspecified atom stereocenters. The van der Waals surface area contributed by atoms with Crippen LogP contribution in [0.2, 0.25) is 0 Å². The zero-order valence-corrected chi connectivity index (χ0v) is 17.1. The number of anilines is 2. The molecule has 28 heavy (non-hydrogen) atoms. The monoisotopic (exact) mass is 395 g/mol. The van der Waals surface area contributed by atoms with Crippen molar-refractivity contribution in [1.82, 2.24) is 15.0 Å². The zero-order chi connectivity index (χ0) is 18.6. The van der Waals surface area contributed by atoms with Gasteiger partial charge in [-0.3, -0.25) is 4.98 Å². The van der Waals surface area contributed by atoms with E-state index in [0.717, 1.165) is 47.3 Å². The summed E-state index contributed by atoms with van der Waals surface area (Å²) in [6, 6.07) is 12.2. The average Bonchev–Trinajstić information content (AvgIpc) is 2.72. The summed E-state index contributed by atoms with van der Waals surface area (Å²) in [5, 5.41) is 6.81. The third-order valence-electron chi connectivity index (χ3n) is 4.70. The van der Waals surface area contributed by atoms with Gasteiger partial charge in [0.05, 0.1) is 11.4 Å². The van der Waals surface area contributed by atoms with E-state index in [9.17, 15) is 0 Å². The first-order valence-electron chi connectivity index (χ1n) is 9.19. The average molecular weight is 396 g/mol. The number of para-hydroxylation sites is 1. The van der Waals surface area contributed by atoms with Crippen molar-refractivity contribution in [3.05, 3.63) is 60.2 Å². The first-order chi connectivity index (χ1) is 13.2. The Labute approximate surface area is 172 Å². The van der Waals surface area contributed by atoms with Crippen molar-refractivity contribution in [3.8, 4) is 17.0 Å². The van der Waals surface area contributed by atoms with Gasteiger partial charge in [-0.25, -0.2) is 9.97 Å². The van der Waals surface area contributed by atoms with E-state index in [1.807, 2.05) is 31.3 Å². The fraction of sp³-hybridized carbons (Fsp3) is 0.286. The molecule has 1 aromatic carbocycles. The van der Waals surface area contributed by atoms with Gasteiger partial charge in [0.2, 0.25) is 0 Å². The Morgan fingerprint density at radius 1 is 1.18 bits per heavy atom. The summed E-state index contributed by atoms with van der Waals surface area (Å²) < 4.78 is 5.89. The van der Waals surface area contributed by atoms with Crippen LogP contribution in [0.1, 0.15) is 24.1 Å². The highest BCUT2D eigenvalue weighted by atomic mass is 32.1. The standard InChI is InChI=1S/C21H23N5O.H2S/c1-14(17-4-3-5-18-21(17)27-9-8-22-18)11-24-20-10-19(25-13-26-20)16-7-6-15(2)23-12-16;/h3-7,10,12-14,22H,8-9,11H2,1-2H3,(H,24,25,26);1H2/t14-;/m1./s1. The minimum absolute atomic E-state index is 0. The summed E-state index contributed by atoms with van der Waals surface area (Å²) in [4.78, 5) is 13.1. The van der Waals surface area contributed by atoms with E-state index in [-0.39, 0.29) is 19.4 Å². The van der Waals surface area contributed by atoms with Crippen molar-refractivity contribution in [2.45, 2.75) is 19.8 Å². The van der Waals surface area contributed by atoms with E-state index in [2.05, 4.69) is 50.7 Å². The van der Waals surface area contributed by atoms with Gasteiger partial charge in [0.1, 0.15) is 24.5 Å². The maximum Gasteiger partial charge on any atom is 0.146 e. The smallest absolute Gasteiger partial charge is 0.146 e. The number of hydrogen-bond acceptors (Lipinski definition) is 6. The lowest BCUT2D eigenvalue weighted by Crippen LogP contribution is -2.20. The second-order valence-corrected chi connectivity index (χ2v) is 6.76. The highest BCUT2D eigenvalue weighted by Gasteiger charge is 2.18. The molecule has 0 fully saturated rings. The lowest BCUT2D eigenvalue weighted by molar-refractivity contribution is 0.318. The second kappa shape index (κ2) is 8.93. The van der Waals surface area contributed by atoms with Crippen LogP contribution in [0.3, 0.4) is 0 Å². The van der Waals surface area contributed by atoms with Gasteiger partial charge in [-0.1, -0.05) is 19.1 Å². The number of benzene rings is 1. The molecule has 0 saturated heterocycles. The van der Waals surface area contributed by atoms with Crippen LogP contribution in [0.5, 0.6) is 5.75 Å². The highest BCUT2D eigenvalue weighted by Crippen LogP contribution is 2.35. The van der Waals surface area contributed by atoms with Gasteiger partial charge in [0.25, 0.3) is 0 Å². The molecule has 3 aromatic rings.